The van der Waals surface area contributed by atoms with Gasteiger partial charge in [-0.3, -0.25) is 14.6 Å². The molecule has 2 aromatic rings. The number of carbonyl (C=O) groups excluding carboxylic acids is 2. The molecule has 2 heterocycles. The monoisotopic (exact) mass is 199 g/mol. The molecular formula is C11H5NO3. The molecule has 0 aromatic carbocycles. The van der Waals surface area contributed by atoms with Gasteiger partial charge in [0, 0.05) is 18.0 Å². The second-order valence-corrected chi connectivity index (χ2v) is 3.24. The average molecular weight is 199 g/mol. The van der Waals surface area contributed by atoms with E-state index in [4.69, 9.17) is 4.42 Å². The lowest BCUT2D eigenvalue weighted by Crippen LogP contribution is -2.19. The average Bonchev–Trinajstić information content (AvgIpc) is 2.75. The van der Waals surface area contributed by atoms with Crippen molar-refractivity contribution in [1.29, 1.82) is 0 Å². The van der Waals surface area contributed by atoms with E-state index in [1.165, 1.54) is 30.8 Å². The highest BCUT2D eigenvalue weighted by molar-refractivity contribution is 6.27. The highest BCUT2D eigenvalue weighted by atomic mass is 16.3. The lowest BCUT2D eigenvalue weighted by atomic mass is 9.90. The predicted molar refractivity (Wildman–Crippen MR) is 49.8 cm³/mol. The number of carbonyl (C=O) groups is 2. The quantitative estimate of drug-likeness (QED) is 0.549. The number of fused-ring (bicyclic) bond motifs is 2. The Morgan fingerprint density at radius 2 is 1.87 bits per heavy atom. The maximum absolute atomic E-state index is 11.9. The molecule has 0 unspecified atom stereocenters. The molecule has 0 bridgehead atoms. The van der Waals surface area contributed by atoms with Crippen LogP contribution < -0.4 is 0 Å². The summed E-state index contributed by atoms with van der Waals surface area (Å²) in [7, 11) is 0. The van der Waals surface area contributed by atoms with Crippen molar-refractivity contribution in [3.05, 3.63) is 53.2 Å². The summed E-state index contributed by atoms with van der Waals surface area (Å²) in [5.41, 5.74) is 1.02. The molecule has 72 valence electrons. The summed E-state index contributed by atoms with van der Waals surface area (Å²) in [6.07, 6.45) is 4.24. The van der Waals surface area contributed by atoms with Gasteiger partial charge >= 0.3 is 0 Å². The molecule has 0 amide bonds. The standard InChI is InChI=1S/C11H5NO3/c13-9-7-2-4-15-11(7)10(14)6-1-3-12-5-8(6)9/h1-5H. The molecule has 0 radical (unpaired) electrons. The lowest BCUT2D eigenvalue weighted by molar-refractivity contribution is 0.0960. The first-order chi connectivity index (χ1) is 7.29. The van der Waals surface area contributed by atoms with Crippen LogP contribution in [-0.2, 0) is 0 Å². The molecule has 1 aliphatic rings. The van der Waals surface area contributed by atoms with Crippen LogP contribution in [0.15, 0.2) is 35.2 Å². The van der Waals surface area contributed by atoms with Crippen LogP contribution in [0.5, 0.6) is 0 Å². The second kappa shape index (κ2) is 2.63. The van der Waals surface area contributed by atoms with Gasteiger partial charge in [0.1, 0.15) is 0 Å². The van der Waals surface area contributed by atoms with Gasteiger partial charge in [-0.1, -0.05) is 0 Å². The third kappa shape index (κ3) is 0.929. The van der Waals surface area contributed by atoms with Crippen LogP contribution in [0.2, 0.25) is 0 Å². The fraction of sp³-hybridized carbons (Fsp3) is 0. The zero-order valence-corrected chi connectivity index (χ0v) is 7.56. The van der Waals surface area contributed by atoms with Crippen LogP contribution in [-0.4, -0.2) is 16.6 Å². The van der Waals surface area contributed by atoms with Gasteiger partial charge in [-0.2, -0.15) is 0 Å². The van der Waals surface area contributed by atoms with Gasteiger partial charge in [0.15, 0.2) is 11.5 Å². The molecule has 0 spiro atoms. The Bertz CT molecular complexity index is 534. The van der Waals surface area contributed by atoms with Crippen LogP contribution >= 0.6 is 0 Å². The fourth-order valence-electron chi connectivity index (χ4n) is 1.70. The van der Waals surface area contributed by atoms with Gasteiger partial charge in [-0.05, 0) is 12.1 Å². The van der Waals surface area contributed by atoms with E-state index in [9.17, 15) is 9.59 Å². The van der Waals surface area contributed by atoms with Crippen LogP contribution in [0.3, 0.4) is 0 Å². The number of nitrogens with zero attached hydrogens (tertiary/aromatic N) is 1. The topological polar surface area (TPSA) is 60.2 Å². The highest BCUT2D eigenvalue weighted by Gasteiger charge is 2.32. The molecular weight excluding hydrogens is 194 g/mol. The molecule has 0 fully saturated rings. The largest absolute Gasteiger partial charge is 0.460 e. The highest BCUT2D eigenvalue weighted by Crippen LogP contribution is 2.26. The third-order valence-electron chi connectivity index (χ3n) is 2.43. The van der Waals surface area contributed by atoms with Gasteiger partial charge in [0.05, 0.1) is 17.4 Å². The molecule has 1 aliphatic carbocycles. The molecule has 15 heavy (non-hydrogen) atoms. The van der Waals surface area contributed by atoms with Crippen molar-refractivity contribution >= 4 is 11.6 Å². The number of rotatable bonds is 0. The third-order valence-corrected chi connectivity index (χ3v) is 2.43. The minimum absolute atomic E-state index is 0.124. The Hall–Kier alpha value is -2.23. The summed E-state index contributed by atoms with van der Waals surface area (Å²) in [6, 6.07) is 3.03. The number of hydrogen-bond acceptors (Lipinski definition) is 4. The van der Waals surface area contributed by atoms with Crippen LogP contribution in [0.1, 0.15) is 32.0 Å². The fourth-order valence-corrected chi connectivity index (χ4v) is 1.70. The number of pyridine rings is 1. The summed E-state index contributed by atoms with van der Waals surface area (Å²) in [5.74, 6) is -0.341. The molecule has 0 saturated heterocycles. The van der Waals surface area contributed by atoms with E-state index >= 15 is 0 Å². The Morgan fingerprint density at radius 1 is 1.00 bits per heavy atom. The smallest absolute Gasteiger partial charge is 0.229 e. The van der Waals surface area contributed by atoms with Crippen molar-refractivity contribution in [3.8, 4) is 0 Å². The maximum Gasteiger partial charge on any atom is 0.229 e. The SMILES string of the molecule is O=C1c2cnccc2C(=O)c2occc21. The van der Waals surface area contributed by atoms with Gasteiger partial charge in [-0.15, -0.1) is 0 Å². The second-order valence-electron chi connectivity index (χ2n) is 3.24. The normalized spacial score (nSPS) is 13.6. The van der Waals surface area contributed by atoms with Crippen molar-refractivity contribution in [2.24, 2.45) is 0 Å². The van der Waals surface area contributed by atoms with Crippen LogP contribution in [0.4, 0.5) is 0 Å². The van der Waals surface area contributed by atoms with Gasteiger partial charge in [0.2, 0.25) is 5.78 Å². The summed E-state index contributed by atoms with van der Waals surface area (Å²) in [6.45, 7) is 0. The van der Waals surface area contributed by atoms with E-state index in [0.29, 0.717) is 16.7 Å². The van der Waals surface area contributed by atoms with Gasteiger partial charge < -0.3 is 4.42 Å². The van der Waals surface area contributed by atoms with Crippen molar-refractivity contribution in [2.45, 2.75) is 0 Å². The summed E-state index contributed by atoms with van der Waals surface area (Å²) in [5, 5.41) is 0. The Morgan fingerprint density at radius 3 is 2.73 bits per heavy atom. The molecule has 0 saturated carbocycles. The van der Waals surface area contributed by atoms with Crippen molar-refractivity contribution in [2.75, 3.05) is 0 Å². The van der Waals surface area contributed by atoms with Gasteiger partial charge in [-0.25, -0.2) is 0 Å². The minimum atomic E-state index is -0.257. The first-order valence-corrected chi connectivity index (χ1v) is 4.40. The lowest BCUT2D eigenvalue weighted by Gasteiger charge is -2.11. The molecule has 3 rings (SSSR count). The summed E-state index contributed by atoms with van der Waals surface area (Å²) >= 11 is 0. The van der Waals surface area contributed by atoms with Gasteiger partial charge in [0.25, 0.3) is 0 Å². The molecule has 0 aliphatic heterocycles. The molecule has 0 atom stereocenters. The zero-order chi connectivity index (χ0) is 10.4. The Balaban J connectivity index is 2.36. The summed E-state index contributed by atoms with van der Waals surface area (Å²) in [4.78, 5) is 27.5. The van der Waals surface area contributed by atoms with Crippen molar-refractivity contribution in [3.63, 3.8) is 0 Å². The molecule has 4 nitrogen and oxygen atoms in total. The number of ketones is 2. The van der Waals surface area contributed by atoms with E-state index in [1.807, 2.05) is 0 Å². The molecule has 2 aromatic heterocycles. The number of hydrogen-bond donors (Lipinski definition) is 0. The van der Waals surface area contributed by atoms with Crippen molar-refractivity contribution < 1.29 is 14.0 Å². The van der Waals surface area contributed by atoms with Crippen LogP contribution in [0.25, 0.3) is 0 Å². The summed E-state index contributed by atoms with van der Waals surface area (Å²) < 4.78 is 5.00. The zero-order valence-electron chi connectivity index (χ0n) is 7.56. The van der Waals surface area contributed by atoms with Crippen LogP contribution in [0, 0.1) is 0 Å². The Kier molecular flexibility index (Phi) is 1.42. The molecule has 0 N–H and O–H groups in total. The minimum Gasteiger partial charge on any atom is -0.460 e. The van der Waals surface area contributed by atoms with E-state index in [-0.39, 0.29) is 17.3 Å². The predicted octanol–water partition coefficient (Wildman–Crippen LogP) is 1.45. The van der Waals surface area contributed by atoms with E-state index in [2.05, 4.69) is 4.98 Å². The Labute approximate surface area is 84.5 Å². The van der Waals surface area contributed by atoms with E-state index in [1.54, 1.807) is 0 Å². The molecule has 4 heteroatoms. The number of furan rings is 1. The first-order valence-electron chi connectivity index (χ1n) is 4.40. The first kappa shape index (κ1) is 8.11. The maximum atomic E-state index is 11.9. The van der Waals surface area contributed by atoms with E-state index in [0.717, 1.165) is 0 Å². The van der Waals surface area contributed by atoms with Crippen molar-refractivity contribution in [1.82, 2.24) is 4.98 Å². The van der Waals surface area contributed by atoms with E-state index < -0.39 is 0 Å². The number of aromatic nitrogens is 1.